The molecule has 0 bridgehead atoms. The molecule has 18 heavy (non-hydrogen) atoms. The fourth-order valence-electron chi connectivity index (χ4n) is 1.14. The van der Waals surface area contributed by atoms with Gasteiger partial charge in [-0.25, -0.2) is 4.98 Å². The van der Waals surface area contributed by atoms with E-state index in [1.165, 1.54) is 19.6 Å². The number of anilines is 1. The molecule has 0 aliphatic heterocycles. The molecule has 0 fully saturated rings. The molecule has 7 nitrogen and oxygen atoms in total. The van der Waals surface area contributed by atoms with E-state index in [1.54, 1.807) is 20.8 Å². The quantitative estimate of drug-likeness (QED) is 0.740. The van der Waals surface area contributed by atoms with Gasteiger partial charge in [0.25, 0.3) is 0 Å². The van der Waals surface area contributed by atoms with Crippen molar-refractivity contribution in [2.24, 2.45) is 0 Å². The first-order valence-corrected chi connectivity index (χ1v) is 5.31. The van der Waals surface area contributed by atoms with Crippen LogP contribution in [0.3, 0.4) is 0 Å². The number of carbonyl (C=O) groups excluding carboxylic acids is 2. The molecular formula is C11H16N4O3. The van der Waals surface area contributed by atoms with E-state index >= 15 is 0 Å². The summed E-state index contributed by atoms with van der Waals surface area (Å²) in [5, 5.41) is 4.93. The number of nitrogens with zero attached hydrogens (tertiary/aromatic N) is 2. The van der Waals surface area contributed by atoms with E-state index in [9.17, 15) is 9.59 Å². The van der Waals surface area contributed by atoms with Gasteiger partial charge in [0.1, 0.15) is 12.0 Å². The lowest BCUT2D eigenvalue weighted by Crippen LogP contribution is -2.46. The molecule has 7 heteroatoms. The zero-order valence-corrected chi connectivity index (χ0v) is 10.8. The van der Waals surface area contributed by atoms with Crippen molar-refractivity contribution in [2.75, 3.05) is 12.4 Å². The standard InChI is InChI=1S/C11H16N4O3/c1-11(2,3)15-9(17)8(16)14-7-5-12-6-13-10(7)18-4/h5-6H,1-4H3,(H,14,16)(H,15,17). The van der Waals surface area contributed by atoms with Crippen LogP contribution in [0.5, 0.6) is 5.88 Å². The zero-order chi connectivity index (χ0) is 13.8. The Labute approximate surface area is 105 Å². The second kappa shape index (κ2) is 5.44. The first-order valence-electron chi connectivity index (χ1n) is 5.31. The van der Waals surface area contributed by atoms with Crippen LogP contribution < -0.4 is 15.4 Å². The molecule has 98 valence electrons. The van der Waals surface area contributed by atoms with Crippen molar-refractivity contribution in [3.8, 4) is 5.88 Å². The molecule has 0 aromatic carbocycles. The van der Waals surface area contributed by atoms with Gasteiger partial charge >= 0.3 is 11.8 Å². The second-order valence-corrected chi connectivity index (χ2v) is 4.60. The Balaban J connectivity index is 2.73. The van der Waals surface area contributed by atoms with Crippen LogP contribution in [0.4, 0.5) is 5.69 Å². The van der Waals surface area contributed by atoms with Gasteiger partial charge < -0.3 is 15.4 Å². The molecule has 0 aliphatic carbocycles. The number of hydrogen-bond acceptors (Lipinski definition) is 5. The largest absolute Gasteiger partial charge is 0.479 e. The van der Waals surface area contributed by atoms with Crippen LogP contribution in [-0.2, 0) is 9.59 Å². The SMILES string of the molecule is COc1ncncc1NC(=O)C(=O)NC(C)(C)C. The number of nitrogens with one attached hydrogen (secondary N) is 2. The summed E-state index contributed by atoms with van der Waals surface area (Å²) in [6.45, 7) is 5.35. The van der Waals surface area contributed by atoms with E-state index in [2.05, 4.69) is 20.6 Å². The fourth-order valence-corrected chi connectivity index (χ4v) is 1.14. The maximum atomic E-state index is 11.6. The third-order valence-electron chi connectivity index (χ3n) is 1.81. The molecule has 2 amide bonds. The molecule has 0 radical (unpaired) electrons. The van der Waals surface area contributed by atoms with Crippen LogP contribution in [0.25, 0.3) is 0 Å². The van der Waals surface area contributed by atoms with Gasteiger partial charge in [-0.2, -0.15) is 4.98 Å². The highest BCUT2D eigenvalue weighted by molar-refractivity contribution is 6.39. The number of methoxy groups -OCH3 is 1. The van der Waals surface area contributed by atoms with Gasteiger partial charge in [-0.15, -0.1) is 0 Å². The monoisotopic (exact) mass is 252 g/mol. The van der Waals surface area contributed by atoms with Crippen molar-refractivity contribution < 1.29 is 14.3 Å². The van der Waals surface area contributed by atoms with Gasteiger partial charge in [0.2, 0.25) is 5.88 Å². The van der Waals surface area contributed by atoms with Crippen LogP contribution in [-0.4, -0.2) is 34.4 Å². The van der Waals surface area contributed by atoms with Crippen LogP contribution in [0.2, 0.25) is 0 Å². The Morgan fingerprint density at radius 1 is 1.28 bits per heavy atom. The van der Waals surface area contributed by atoms with Gasteiger partial charge in [-0.1, -0.05) is 0 Å². The highest BCUT2D eigenvalue weighted by atomic mass is 16.5. The van der Waals surface area contributed by atoms with Gasteiger partial charge in [-0.05, 0) is 20.8 Å². The molecule has 0 spiro atoms. The molecule has 1 aromatic heterocycles. The summed E-state index contributed by atoms with van der Waals surface area (Å²) in [6, 6.07) is 0. The molecule has 2 N–H and O–H groups in total. The van der Waals surface area contributed by atoms with E-state index in [0.717, 1.165) is 0 Å². The molecule has 0 saturated carbocycles. The lowest BCUT2D eigenvalue weighted by molar-refractivity contribution is -0.137. The normalized spacial score (nSPS) is 10.7. The predicted molar refractivity (Wildman–Crippen MR) is 65.1 cm³/mol. The highest BCUT2D eigenvalue weighted by Gasteiger charge is 2.21. The maximum Gasteiger partial charge on any atom is 0.313 e. The van der Waals surface area contributed by atoms with Crippen molar-refractivity contribution in [3.05, 3.63) is 12.5 Å². The van der Waals surface area contributed by atoms with Crippen LogP contribution >= 0.6 is 0 Å². The number of rotatable bonds is 2. The summed E-state index contributed by atoms with van der Waals surface area (Å²) in [5.41, 5.74) is -0.236. The summed E-state index contributed by atoms with van der Waals surface area (Å²) in [6.07, 6.45) is 2.64. The molecule has 0 aliphatic rings. The topological polar surface area (TPSA) is 93.2 Å². The Kier molecular flexibility index (Phi) is 4.19. The predicted octanol–water partition coefficient (Wildman–Crippen LogP) is 0.338. The molecule has 1 aromatic rings. The third-order valence-corrected chi connectivity index (χ3v) is 1.81. The summed E-state index contributed by atoms with van der Waals surface area (Å²) in [5.74, 6) is -1.33. The molecule has 0 atom stereocenters. The summed E-state index contributed by atoms with van der Waals surface area (Å²) < 4.78 is 4.93. The van der Waals surface area contributed by atoms with E-state index in [1.807, 2.05) is 0 Å². The second-order valence-electron chi connectivity index (χ2n) is 4.60. The minimum absolute atomic E-state index is 0.196. The van der Waals surface area contributed by atoms with Gasteiger partial charge in [0.05, 0.1) is 13.3 Å². The Morgan fingerprint density at radius 2 is 1.94 bits per heavy atom. The van der Waals surface area contributed by atoms with E-state index in [-0.39, 0.29) is 11.6 Å². The molecular weight excluding hydrogens is 236 g/mol. The smallest absolute Gasteiger partial charge is 0.313 e. The number of ether oxygens (including phenoxy) is 1. The van der Waals surface area contributed by atoms with Gasteiger partial charge in [-0.3, -0.25) is 9.59 Å². The van der Waals surface area contributed by atoms with Crippen LogP contribution in [0, 0.1) is 0 Å². The summed E-state index contributed by atoms with van der Waals surface area (Å²) in [4.78, 5) is 30.7. The Morgan fingerprint density at radius 3 is 2.50 bits per heavy atom. The van der Waals surface area contributed by atoms with E-state index < -0.39 is 17.4 Å². The van der Waals surface area contributed by atoms with Crippen molar-refractivity contribution in [2.45, 2.75) is 26.3 Å². The average Bonchev–Trinajstić information content (AvgIpc) is 2.27. The Bertz CT molecular complexity index is 454. The summed E-state index contributed by atoms with van der Waals surface area (Å²) in [7, 11) is 1.41. The van der Waals surface area contributed by atoms with Crippen LogP contribution in [0.1, 0.15) is 20.8 Å². The van der Waals surface area contributed by atoms with Crippen molar-refractivity contribution in [1.82, 2.24) is 15.3 Å². The van der Waals surface area contributed by atoms with Crippen LogP contribution in [0.15, 0.2) is 12.5 Å². The zero-order valence-electron chi connectivity index (χ0n) is 10.8. The molecule has 1 heterocycles. The van der Waals surface area contributed by atoms with Gasteiger partial charge in [0, 0.05) is 5.54 Å². The average molecular weight is 252 g/mol. The number of aromatic nitrogens is 2. The first-order chi connectivity index (χ1) is 8.33. The van der Waals surface area contributed by atoms with Crippen molar-refractivity contribution in [3.63, 3.8) is 0 Å². The fraction of sp³-hybridized carbons (Fsp3) is 0.455. The minimum Gasteiger partial charge on any atom is -0.479 e. The first kappa shape index (κ1) is 13.9. The van der Waals surface area contributed by atoms with Gasteiger partial charge in [0.15, 0.2) is 0 Å². The van der Waals surface area contributed by atoms with E-state index in [4.69, 9.17) is 4.74 Å². The number of amides is 2. The lowest BCUT2D eigenvalue weighted by atomic mass is 10.1. The highest BCUT2D eigenvalue weighted by Crippen LogP contribution is 2.18. The molecule has 0 unspecified atom stereocenters. The lowest BCUT2D eigenvalue weighted by Gasteiger charge is -2.19. The minimum atomic E-state index is -0.793. The van der Waals surface area contributed by atoms with Crippen molar-refractivity contribution >= 4 is 17.5 Å². The van der Waals surface area contributed by atoms with E-state index in [0.29, 0.717) is 0 Å². The van der Waals surface area contributed by atoms with Crippen molar-refractivity contribution in [1.29, 1.82) is 0 Å². The Hall–Kier alpha value is -2.18. The molecule has 0 saturated heterocycles. The third kappa shape index (κ3) is 4.00. The molecule has 1 rings (SSSR count). The summed E-state index contributed by atoms with van der Waals surface area (Å²) >= 11 is 0. The number of hydrogen-bond donors (Lipinski definition) is 2. The number of carbonyl (C=O) groups is 2. The maximum absolute atomic E-state index is 11.6.